The molecule has 0 saturated carbocycles. The number of hydrogen-bond donors (Lipinski definition) is 0. The number of pyridine rings is 1. The van der Waals surface area contributed by atoms with Crippen LogP contribution in [-0.2, 0) is 4.79 Å². The number of aromatic nitrogens is 1. The maximum absolute atomic E-state index is 12.5. The van der Waals surface area contributed by atoms with Crippen molar-refractivity contribution < 1.29 is 9.52 Å². The lowest BCUT2D eigenvalue weighted by Crippen LogP contribution is -2.45. The Morgan fingerprint density at radius 3 is 2.65 bits per heavy atom. The van der Waals surface area contributed by atoms with E-state index in [1.54, 1.807) is 12.1 Å². The van der Waals surface area contributed by atoms with Crippen LogP contribution in [0.1, 0.15) is 27.2 Å². The minimum Gasteiger partial charge on any atom is -0.618 e. The van der Waals surface area contributed by atoms with Gasteiger partial charge < -0.3 is 10.1 Å². The van der Waals surface area contributed by atoms with Crippen molar-refractivity contribution >= 4 is 17.7 Å². The Morgan fingerprint density at radius 2 is 2.05 bits per heavy atom. The molecule has 2 heterocycles. The number of likely N-dealkylation sites (tertiary alicyclic amines) is 1. The van der Waals surface area contributed by atoms with Gasteiger partial charge >= 0.3 is 0 Å². The third kappa shape index (κ3) is 3.66. The molecule has 0 N–H and O–H groups in total. The molecule has 0 aromatic carbocycles. The highest BCUT2D eigenvalue weighted by atomic mass is 32.2. The molecule has 1 aliphatic heterocycles. The number of hydrogen-bond acceptors (Lipinski definition) is 3. The van der Waals surface area contributed by atoms with Gasteiger partial charge in [0.2, 0.25) is 5.91 Å². The number of thioether (sulfide) groups is 1. The topological polar surface area (TPSA) is 47.2 Å². The summed E-state index contributed by atoms with van der Waals surface area (Å²) in [6.45, 7) is 7.93. The van der Waals surface area contributed by atoms with E-state index in [1.807, 2.05) is 17.9 Å². The number of amides is 1. The fourth-order valence-electron chi connectivity index (χ4n) is 2.84. The van der Waals surface area contributed by atoms with Crippen LogP contribution in [0.15, 0.2) is 29.4 Å². The lowest BCUT2D eigenvalue weighted by molar-refractivity contribution is -0.645. The van der Waals surface area contributed by atoms with E-state index in [9.17, 15) is 10.0 Å². The molecule has 5 heteroatoms. The van der Waals surface area contributed by atoms with Gasteiger partial charge in [-0.05, 0) is 43.0 Å². The van der Waals surface area contributed by atoms with Gasteiger partial charge in [0.05, 0.1) is 5.25 Å². The van der Waals surface area contributed by atoms with Crippen molar-refractivity contribution in [3.63, 3.8) is 0 Å². The largest absolute Gasteiger partial charge is 0.618 e. The first-order chi connectivity index (χ1) is 9.47. The molecule has 2 rings (SSSR count). The summed E-state index contributed by atoms with van der Waals surface area (Å²) < 4.78 is 0.815. The minimum atomic E-state index is -0.227. The van der Waals surface area contributed by atoms with Crippen LogP contribution >= 0.6 is 11.8 Å². The van der Waals surface area contributed by atoms with E-state index in [1.165, 1.54) is 24.4 Å². The first-order valence-electron chi connectivity index (χ1n) is 7.11. The summed E-state index contributed by atoms with van der Waals surface area (Å²) in [4.78, 5) is 14.5. The van der Waals surface area contributed by atoms with Crippen molar-refractivity contribution in [3.8, 4) is 0 Å². The van der Waals surface area contributed by atoms with Gasteiger partial charge in [0, 0.05) is 25.2 Å². The standard InChI is InChI=1S/C15H22N2O2S/c1-11-8-12(2)10-16(9-11)15(18)13(3)20-14-6-4-5-7-17(14)19/h4-7,11-13H,8-10H2,1-3H3/t11-,12+,13-/m1/s1. The van der Waals surface area contributed by atoms with Gasteiger partial charge in [-0.25, -0.2) is 0 Å². The van der Waals surface area contributed by atoms with Crippen LogP contribution in [0.3, 0.4) is 0 Å². The van der Waals surface area contributed by atoms with Crippen LogP contribution in [-0.4, -0.2) is 29.1 Å². The van der Waals surface area contributed by atoms with Crippen LogP contribution in [0.5, 0.6) is 0 Å². The molecular formula is C15H22N2O2S. The first-order valence-corrected chi connectivity index (χ1v) is 7.99. The summed E-state index contributed by atoms with van der Waals surface area (Å²) in [6.07, 6.45) is 2.65. The molecule has 110 valence electrons. The van der Waals surface area contributed by atoms with Crippen molar-refractivity contribution in [2.24, 2.45) is 11.8 Å². The fraction of sp³-hybridized carbons (Fsp3) is 0.600. The second kappa shape index (κ2) is 6.48. The van der Waals surface area contributed by atoms with E-state index < -0.39 is 0 Å². The van der Waals surface area contributed by atoms with Crippen molar-refractivity contribution in [2.45, 2.75) is 37.5 Å². The quantitative estimate of drug-likeness (QED) is 0.488. The third-order valence-electron chi connectivity index (χ3n) is 3.61. The molecule has 1 aliphatic rings. The molecule has 1 aromatic rings. The van der Waals surface area contributed by atoms with Gasteiger partial charge in [-0.15, -0.1) is 0 Å². The molecule has 1 fully saturated rings. The molecule has 0 unspecified atom stereocenters. The molecule has 1 amide bonds. The predicted molar refractivity (Wildman–Crippen MR) is 80.2 cm³/mol. The van der Waals surface area contributed by atoms with Crippen molar-refractivity contribution in [1.82, 2.24) is 4.90 Å². The first kappa shape index (κ1) is 15.2. The van der Waals surface area contributed by atoms with Crippen molar-refractivity contribution in [2.75, 3.05) is 13.1 Å². The lowest BCUT2D eigenvalue weighted by atomic mass is 9.92. The van der Waals surface area contributed by atoms with Gasteiger partial charge in [0.25, 0.3) is 5.03 Å². The lowest BCUT2D eigenvalue weighted by Gasteiger charge is -2.36. The SMILES string of the molecule is C[C@@H]1C[C@H](C)CN(C(=O)[C@@H](C)Sc2cccc[n+]2[O-])C1. The highest BCUT2D eigenvalue weighted by Crippen LogP contribution is 2.26. The molecule has 0 bridgehead atoms. The monoisotopic (exact) mass is 294 g/mol. The summed E-state index contributed by atoms with van der Waals surface area (Å²) in [7, 11) is 0. The molecule has 4 nitrogen and oxygen atoms in total. The average Bonchev–Trinajstić information content (AvgIpc) is 2.39. The summed E-state index contributed by atoms with van der Waals surface area (Å²) >= 11 is 1.33. The summed E-state index contributed by atoms with van der Waals surface area (Å²) in [6, 6.07) is 5.26. The molecule has 1 aromatic heterocycles. The van der Waals surface area contributed by atoms with Gasteiger partial charge in [-0.2, -0.15) is 4.73 Å². The zero-order valence-corrected chi connectivity index (χ0v) is 13.1. The number of carbonyl (C=O) groups is 1. The maximum Gasteiger partial charge on any atom is 0.252 e. The number of carbonyl (C=O) groups excluding carboxylic acids is 1. The van der Waals surface area contributed by atoms with Gasteiger partial charge in [-0.3, -0.25) is 4.79 Å². The molecule has 1 saturated heterocycles. The van der Waals surface area contributed by atoms with Crippen molar-refractivity contribution in [1.29, 1.82) is 0 Å². The Morgan fingerprint density at radius 1 is 1.40 bits per heavy atom. The molecular weight excluding hydrogens is 272 g/mol. The summed E-state index contributed by atoms with van der Waals surface area (Å²) in [5.74, 6) is 1.25. The van der Waals surface area contributed by atoms with Crippen LogP contribution in [0.25, 0.3) is 0 Å². The Labute approximate surface area is 124 Å². The second-order valence-corrected chi connectivity index (χ2v) is 7.18. The summed E-state index contributed by atoms with van der Waals surface area (Å²) in [5.41, 5.74) is 0. The maximum atomic E-state index is 12.5. The van der Waals surface area contributed by atoms with Crippen molar-refractivity contribution in [3.05, 3.63) is 29.6 Å². The zero-order valence-electron chi connectivity index (χ0n) is 12.3. The predicted octanol–water partition coefficient (Wildman–Crippen LogP) is 2.31. The van der Waals surface area contributed by atoms with E-state index in [0.29, 0.717) is 16.9 Å². The molecule has 20 heavy (non-hydrogen) atoms. The summed E-state index contributed by atoms with van der Waals surface area (Å²) in [5, 5.41) is 12.0. The smallest absolute Gasteiger partial charge is 0.252 e. The number of rotatable bonds is 3. The van der Waals surface area contributed by atoms with E-state index >= 15 is 0 Å². The zero-order chi connectivity index (χ0) is 14.7. The van der Waals surface area contributed by atoms with Gasteiger partial charge in [0.1, 0.15) is 0 Å². The van der Waals surface area contributed by atoms with Crippen LogP contribution in [0.2, 0.25) is 0 Å². The Kier molecular flexibility index (Phi) is 4.91. The van der Waals surface area contributed by atoms with E-state index in [-0.39, 0.29) is 11.2 Å². The van der Waals surface area contributed by atoms with Crippen LogP contribution in [0.4, 0.5) is 0 Å². The van der Waals surface area contributed by atoms with Crippen LogP contribution in [0, 0.1) is 17.0 Å². The molecule has 0 radical (unpaired) electrons. The highest BCUT2D eigenvalue weighted by Gasteiger charge is 2.29. The van der Waals surface area contributed by atoms with E-state index in [0.717, 1.165) is 17.8 Å². The van der Waals surface area contributed by atoms with Gasteiger partial charge in [0.15, 0.2) is 6.20 Å². The Bertz CT molecular complexity index is 471. The molecule has 0 spiro atoms. The molecule has 0 aliphatic carbocycles. The fourth-order valence-corrected chi connectivity index (χ4v) is 3.77. The third-order valence-corrected chi connectivity index (χ3v) is 4.73. The van der Waals surface area contributed by atoms with E-state index in [4.69, 9.17) is 0 Å². The molecule has 3 atom stereocenters. The van der Waals surface area contributed by atoms with Crippen LogP contribution < -0.4 is 4.73 Å². The number of nitrogens with zero attached hydrogens (tertiary/aromatic N) is 2. The normalized spacial score (nSPS) is 24.4. The Balaban J connectivity index is 2.00. The minimum absolute atomic E-state index is 0.136. The van der Waals surface area contributed by atoms with Gasteiger partial charge in [-0.1, -0.05) is 13.8 Å². The Hall–Kier alpha value is -1.23. The highest BCUT2D eigenvalue weighted by molar-refractivity contribution is 8.00. The average molecular weight is 294 g/mol. The second-order valence-electron chi connectivity index (χ2n) is 5.81. The van der Waals surface area contributed by atoms with E-state index in [2.05, 4.69) is 13.8 Å². The number of piperidine rings is 1.